The Labute approximate surface area is 293 Å². The van der Waals surface area contributed by atoms with E-state index in [1.165, 1.54) is 15.2 Å². The molecule has 1 heterocycles. The number of aromatic nitrogens is 3. The first-order chi connectivity index (χ1) is 23.0. The van der Waals surface area contributed by atoms with Gasteiger partial charge in [-0.2, -0.15) is 9.94 Å². The number of nitrogens with zero attached hydrogens (tertiary/aromatic N) is 5. The molecule has 1 fully saturated rings. The summed E-state index contributed by atoms with van der Waals surface area (Å²) in [5, 5.41) is 14.2. The summed E-state index contributed by atoms with van der Waals surface area (Å²) in [7, 11) is 3.28. The van der Waals surface area contributed by atoms with Crippen LogP contribution in [0.15, 0.2) is 71.4 Å². The molecule has 1 amide bonds. The van der Waals surface area contributed by atoms with E-state index in [1.54, 1.807) is 39.2 Å². The molecule has 262 valence electrons. The number of para-hydroxylation sites is 1. The van der Waals surface area contributed by atoms with E-state index >= 15 is 0 Å². The molecule has 0 radical (unpaired) electrons. The average Bonchev–Trinajstić information content (AvgIpc) is 3.33. The lowest BCUT2D eigenvalue weighted by molar-refractivity contribution is -0.149. The van der Waals surface area contributed by atoms with Gasteiger partial charge in [-0.1, -0.05) is 88.4 Å². The highest BCUT2D eigenvalue weighted by Crippen LogP contribution is 2.60. The second-order valence-corrected chi connectivity index (χ2v) is 14.6. The van der Waals surface area contributed by atoms with Crippen LogP contribution in [0.3, 0.4) is 0 Å². The summed E-state index contributed by atoms with van der Waals surface area (Å²) in [5.41, 5.74) is 1.35. The summed E-state index contributed by atoms with van der Waals surface area (Å²) in [6.07, 6.45) is 1.15. The van der Waals surface area contributed by atoms with Crippen LogP contribution in [0.2, 0.25) is 0 Å². The number of amides is 1. The van der Waals surface area contributed by atoms with Crippen molar-refractivity contribution in [2.45, 2.75) is 72.1 Å². The van der Waals surface area contributed by atoms with Crippen LogP contribution in [0.1, 0.15) is 72.9 Å². The van der Waals surface area contributed by atoms with Gasteiger partial charge in [0.15, 0.2) is 11.0 Å². The number of allylic oxidation sites excluding steroid dienone is 2. The predicted octanol–water partition coefficient (Wildman–Crippen LogP) is 7.59. The average molecular weight is 690 g/mol. The smallest absolute Gasteiger partial charge is 0.346 e. The molecule has 1 saturated carbocycles. The van der Waals surface area contributed by atoms with Gasteiger partial charge in [0.1, 0.15) is 17.6 Å². The van der Waals surface area contributed by atoms with Crippen molar-refractivity contribution in [3.05, 3.63) is 77.6 Å². The van der Waals surface area contributed by atoms with Crippen LogP contribution >= 0.6 is 11.8 Å². The number of benzene rings is 2. The van der Waals surface area contributed by atoms with Crippen molar-refractivity contribution in [3.8, 4) is 17.6 Å². The molecule has 0 aliphatic heterocycles. The number of carbonyl (C=O) groups is 3. The van der Waals surface area contributed by atoms with Gasteiger partial charge in [-0.3, -0.25) is 9.59 Å². The highest BCUT2D eigenvalue weighted by molar-refractivity contribution is 7.99. The Morgan fingerprint density at radius 2 is 1.73 bits per heavy atom. The fourth-order valence-corrected chi connectivity index (χ4v) is 5.59. The Bertz CT molecular complexity index is 1680. The second-order valence-electron chi connectivity index (χ2n) is 13.7. The lowest BCUT2D eigenvalue weighted by Crippen LogP contribution is -2.29. The van der Waals surface area contributed by atoms with Crippen molar-refractivity contribution in [3.63, 3.8) is 0 Å². The van der Waals surface area contributed by atoms with Crippen molar-refractivity contribution in [1.29, 1.82) is 5.26 Å². The summed E-state index contributed by atoms with van der Waals surface area (Å²) in [6.45, 7) is 16.1. The highest BCUT2D eigenvalue weighted by atomic mass is 32.2. The molecule has 2 aromatic carbocycles. The van der Waals surface area contributed by atoms with E-state index in [9.17, 15) is 19.6 Å². The molecule has 3 unspecified atom stereocenters. The SMILES string of the molecule is CC(C)=CC1C(C(=O)OC(C#N)c2cccc(Oc3ccccc3)c2)C1(C)C.CCOC(=O)CSc1nc(C(C)(C)C)nn1C(=O)N(C)C. The summed E-state index contributed by atoms with van der Waals surface area (Å²) >= 11 is 1.15. The summed E-state index contributed by atoms with van der Waals surface area (Å²) < 4.78 is 17.5. The van der Waals surface area contributed by atoms with Gasteiger partial charge in [-0.05, 0) is 56.4 Å². The molecule has 11 nitrogen and oxygen atoms in total. The monoisotopic (exact) mass is 689 g/mol. The van der Waals surface area contributed by atoms with Crippen LogP contribution in [0.4, 0.5) is 4.79 Å². The van der Waals surface area contributed by atoms with Crippen molar-refractivity contribution >= 4 is 29.7 Å². The topological polar surface area (TPSA) is 137 Å². The van der Waals surface area contributed by atoms with Crippen molar-refractivity contribution < 1.29 is 28.6 Å². The number of esters is 2. The molecule has 3 aromatic rings. The maximum absolute atomic E-state index is 12.7. The second kappa shape index (κ2) is 16.7. The van der Waals surface area contributed by atoms with Crippen molar-refractivity contribution in [2.75, 3.05) is 26.5 Å². The Morgan fingerprint density at radius 3 is 2.31 bits per heavy atom. The van der Waals surface area contributed by atoms with Crippen molar-refractivity contribution in [2.24, 2.45) is 17.3 Å². The van der Waals surface area contributed by atoms with Gasteiger partial charge >= 0.3 is 18.0 Å². The minimum absolute atomic E-state index is 0.0941. The number of carbonyl (C=O) groups excluding carboxylic acids is 3. The first-order valence-electron chi connectivity index (χ1n) is 16.0. The lowest BCUT2D eigenvalue weighted by Gasteiger charge is -2.13. The van der Waals surface area contributed by atoms with E-state index < -0.39 is 6.10 Å². The fourth-order valence-electron chi connectivity index (χ4n) is 4.87. The van der Waals surface area contributed by atoms with Gasteiger partial charge in [-0.15, -0.1) is 5.10 Å². The number of rotatable bonds is 10. The van der Waals surface area contributed by atoms with E-state index in [-0.39, 0.29) is 46.4 Å². The zero-order valence-corrected chi connectivity index (χ0v) is 30.8. The largest absolute Gasteiger partial charge is 0.465 e. The third kappa shape index (κ3) is 10.7. The zero-order valence-electron chi connectivity index (χ0n) is 30.0. The highest BCUT2D eigenvalue weighted by Gasteiger charge is 2.61. The molecule has 1 aliphatic carbocycles. The van der Waals surface area contributed by atoms with Gasteiger partial charge in [-0.25, -0.2) is 9.78 Å². The van der Waals surface area contributed by atoms with E-state index in [0.29, 0.717) is 34.7 Å². The Kier molecular flexibility index (Phi) is 13.2. The minimum atomic E-state index is -0.962. The van der Waals surface area contributed by atoms with Crippen LogP contribution in [0.5, 0.6) is 11.5 Å². The number of thioether (sulfide) groups is 1. The van der Waals surface area contributed by atoms with Gasteiger partial charge in [0, 0.05) is 25.1 Å². The van der Waals surface area contributed by atoms with Crippen LogP contribution < -0.4 is 4.74 Å². The summed E-state index contributed by atoms with van der Waals surface area (Å²) in [4.78, 5) is 42.1. The van der Waals surface area contributed by atoms with E-state index in [2.05, 4.69) is 36.1 Å². The van der Waals surface area contributed by atoms with Gasteiger partial charge in [0.2, 0.25) is 6.10 Å². The molecule has 4 rings (SSSR count). The van der Waals surface area contributed by atoms with E-state index in [1.807, 2.05) is 71.0 Å². The quantitative estimate of drug-likeness (QED) is 0.119. The number of hydrogen-bond acceptors (Lipinski definition) is 10. The maximum Gasteiger partial charge on any atom is 0.346 e. The van der Waals surface area contributed by atoms with Crippen LogP contribution in [0, 0.1) is 28.6 Å². The number of hydrogen-bond donors (Lipinski definition) is 0. The maximum atomic E-state index is 12.7. The molecule has 0 bridgehead atoms. The summed E-state index contributed by atoms with van der Waals surface area (Å²) in [5.74, 6) is 1.21. The molecule has 49 heavy (non-hydrogen) atoms. The molecule has 0 spiro atoms. The van der Waals surface area contributed by atoms with E-state index in [0.717, 1.165) is 11.8 Å². The Morgan fingerprint density at radius 1 is 1.08 bits per heavy atom. The fraction of sp³-hybridized carbons (Fsp3) is 0.459. The standard InChI is InChI=1S/C24H25NO3.C13H22N4O3S/c1-16(2)13-20-22(24(20,3)4)23(26)28-21(15-25)17-9-8-12-19(14-17)27-18-10-6-5-7-11-18;1-7-20-9(18)8-21-11-14-10(13(2,3)4)15-17(11)12(19)16(5)6/h5-14,20-22H,1-4H3;7-8H2,1-6H3. The van der Waals surface area contributed by atoms with Crippen LogP contribution in [0.25, 0.3) is 0 Å². The Hall–Kier alpha value is -4.63. The van der Waals surface area contributed by atoms with E-state index in [4.69, 9.17) is 14.2 Å². The van der Waals surface area contributed by atoms with Gasteiger partial charge < -0.3 is 19.1 Å². The first-order valence-corrected chi connectivity index (χ1v) is 17.0. The molecule has 1 aliphatic rings. The molecule has 0 saturated heterocycles. The lowest BCUT2D eigenvalue weighted by atomic mass is 9.96. The van der Waals surface area contributed by atoms with Gasteiger partial charge in [0.05, 0.1) is 18.3 Å². The van der Waals surface area contributed by atoms with Gasteiger partial charge in [0.25, 0.3) is 0 Å². The zero-order chi connectivity index (χ0) is 36.5. The van der Waals surface area contributed by atoms with Crippen LogP contribution in [-0.4, -0.2) is 64.1 Å². The minimum Gasteiger partial charge on any atom is -0.465 e. The summed E-state index contributed by atoms with van der Waals surface area (Å²) in [6, 6.07) is 18.3. The first kappa shape index (κ1) is 38.8. The molecule has 0 N–H and O–H groups in total. The third-order valence-electron chi connectivity index (χ3n) is 7.61. The number of ether oxygens (including phenoxy) is 3. The van der Waals surface area contributed by atoms with Crippen LogP contribution in [-0.2, 0) is 24.5 Å². The number of nitriles is 1. The molecular weight excluding hydrogens is 643 g/mol. The molecule has 12 heteroatoms. The van der Waals surface area contributed by atoms with Crippen molar-refractivity contribution in [1.82, 2.24) is 19.7 Å². The Balaban J connectivity index is 0.000000278. The molecular formula is C37H47N5O6S. The predicted molar refractivity (Wildman–Crippen MR) is 188 cm³/mol. The normalized spacial score (nSPS) is 16.5. The molecule has 3 atom stereocenters. The molecule has 1 aromatic heterocycles. The third-order valence-corrected chi connectivity index (χ3v) is 8.51.